The number of halogens is 1. The summed E-state index contributed by atoms with van der Waals surface area (Å²) in [5, 5.41) is 6.49. The molecule has 0 aliphatic carbocycles. The van der Waals surface area contributed by atoms with E-state index in [9.17, 15) is 0 Å². The van der Waals surface area contributed by atoms with E-state index in [1.807, 2.05) is 32.0 Å². The van der Waals surface area contributed by atoms with E-state index in [1.165, 1.54) is 0 Å². The minimum atomic E-state index is 0. The van der Waals surface area contributed by atoms with Gasteiger partial charge in [-0.1, -0.05) is 12.1 Å². The third-order valence-electron chi connectivity index (χ3n) is 3.06. The molecule has 0 amide bonds. The molecule has 130 valence electrons. The summed E-state index contributed by atoms with van der Waals surface area (Å²) in [5.41, 5.74) is 1.11. The number of benzene rings is 1. The van der Waals surface area contributed by atoms with Crippen LogP contribution < -0.4 is 20.1 Å². The van der Waals surface area contributed by atoms with E-state index in [1.54, 1.807) is 13.1 Å². The molecule has 0 aromatic heterocycles. The predicted octanol–water partition coefficient (Wildman–Crippen LogP) is 3.51. The van der Waals surface area contributed by atoms with Gasteiger partial charge in [0.25, 0.3) is 0 Å². The topological polar surface area (TPSA) is 54.9 Å². The fourth-order valence-corrected chi connectivity index (χ4v) is 1.99. The van der Waals surface area contributed by atoms with Crippen molar-refractivity contribution in [1.82, 2.24) is 10.6 Å². The van der Waals surface area contributed by atoms with Crippen molar-refractivity contribution in [3.05, 3.63) is 36.4 Å². The van der Waals surface area contributed by atoms with Gasteiger partial charge in [0, 0.05) is 13.6 Å². The molecule has 0 radical (unpaired) electrons. The molecule has 23 heavy (non-hydrogen) atoms. The third-order valence-corrected chi connectivity index (χ3v) is 3.06. The predicted molar refractivity (Wildman–Crippen MR) is 107 cm³/mol. The van der Waals surface area contributed by atoms with Gasteiger partial charge in [0.15, 0.2) is 17.5 Å². The van der Waals surface area contributed by atoms with Crippen LogP contribution in [0.25, 0.3) is 0 Å². The van der Waals surface area contributed by atoms with E-state index in [2.05, 4.69) is 29.1 Å². The van der Waals surface area contributed by atoms with Crippen molar-refractivity contribution < 1.29 is 9.47 Å². The summed E-state index contributed by atoms with van der Waals surface area (Å²) in [4.78, 5) is 4.19. The maximum atomic E-state index is 5.66. The summed E-state index contributed by atoms with van der Waals surface area (Å²) < 4.78 is 11.3. The zero-order valence-corrected chi connectivity index (χ0v) is 16.7. The summed E-state index contributed by atoms with van der Waals surface area (Å²) in [6.07, 6.45) is 1.79. The monoisotopic (exact) mass is 433 g/mol. The number of ether oxygens (including phenoxy) is 2. The Morgan fingerprint density at radius 1 is 1.26 bits per heavy atom. The first-order valence-corrected chi connectivity index (χ1v) is 7.63. The van der Waals surface area contributed by atoms with E-state index in [0.29, 0.717) is 19.8 Å². The Morgan fingerprint density at radius 3 is 2.48 bits per heavy atom. The van der Waals surface area contributed by atoms with Gasteiger partial charge < -0.3 is 20.1 Å². The van der Waals surface area contributed by atoms with Crippen LogP contribution in [0.3, 0.4) is 0 Å². The number of nitrogens with one attached hydrogen (secondary N) is 2. The standard InChI is InChI=1S/C17H27N3O2.HI/c1-6-11-19-17(18-5)20-13(4)14-9-10-15(21-7-2)16(12-14)22-8-3;/h6,9-10,12-13H,1,7-8,11H2,2-5H3,(H2,18,19,20);1H. The summed E-state index contributed by atoms with van der Waals surface area (Å²) in [7, 11) is 1.74. The van der Waals surface area contributed by atoms with E-state index in [-0.39, 0.29) is 30.0 Å². The lowest BCUT2D eigenvalue weighted by atomic mass is 10.1. The van der Waals surface area contributed by atoms with Gasteiger partial charge in [-0.3, -0.25) is 4.99 Å². The molecule has 0 saturated carbocycles. The molecule has 0 aliphatic heterocycles. The van der Waals surface area contributed by atoms with Crippen LogP contribution in [-0.4, -0.2) is 32.8 Å². The van der Waals surface area contributed by atoms with Crippen molar-refractivity contribution in [3.63, 3.8) is 0 Å². The minimum Gasteiger partial charge on any atom is -0.490 e. The molecule has 1 aromatic rings. The molecule has 0 fully saturated rings. The first-order chi connectivity index (χ1) is 10.7. The highest BCUT2D eigenvalue weighted by Crippen LogP contribution is 2.30. The van der Waals surface area contributed by atoms with Crippen LogP contribution in [0, 0.1) is 0 Å². The van der Waals surface area contributed by atoms with Gasteiger partial charge in [-0.25, -0.2) is 0 Å². The second-order valence-electron chi connectivity index (χ2n) is 4.68. The van der Waals surface area contributed by atoms with Gasteiger partial charge in [-0.15, -0.1) is 30.6 Å². The molecule has 0 saturated heterocycles. The lowest BCUT2D eigenvalue weighted by Crippen LogP contribution is -2.38. The van der Waals surface area contributed by atoms with Gasteiger partial charge in [0.1, 0.15) is 0 Å². The molecule has 0 aliphatic rings. The number of aliphatic imine (C=N–C) groups is 1. The average Bonchev–Trinajstić information content (AvgIpc) is 2.53. The molecule has 1 aromatic carbocycles. The van der Waals surface area contributed by atoms with Crippen LogP contribution in [0.2, 0.25) is 0 Å². The Hall–Kier alpha value is -1.44. The lowest BCUT2D eigenvalue weighted by molar-refractivity contribution is 0.287. The van der Waals surface area contributed by atoms with Crippen molar-refractivity contribution in [1.29, 1.82) is 0 Å². The number of hydrogen-bond donors (Lipinski definition) is 2. The fourth-order valence-electron chi connectivity index (χ4n) is 1.99. The van der Waals surface area contributed by atoms with E-state index >= 15 is 0 Å². The first-order valence-electron chi connectivity index (χ1n) is 7.63. The number of hydrogen-bond acceptors (Lipinski definition) is 3. The normalized spacial score (nSPS) is 11.9. The van der Waals surface area contributed by atoms with Crippen LogP contribution in [0.4, 0.5) is 0 Å². The molecule has 0 spiro atoms. The molecule has 2 N–H and O–H groups in total. The quantitative estimate of drug-likeness (QED) is 0.285. The molecular formula is C17H28IN3O2. The Morgan fingerprint density at radius 2 is 1.91 bits per heavy atom. The van der Waals surface area contributed by atoms with E-state index in [0.717, 1.165) is 23.0 Å². The Balaban J connectivity index is 0.00000484. The second kappa shape index (κ2) is 12.0. The van der Waals surface area contributed by atoms with Crippen LogP contribution >= 0.6 is 24.0 Å². The molecule has 1 rings (SSSR count). The smallest absolute Gasteiger partial charge is 0.191 e. The molecule has 5 nitrogen and oxygen atoms in total. The van der Waals surface area contributed by atoms with E-state index in [4.69, 9.17) is 9.47 Å². The fraction of sp³-hybridized carbons (Fsp3) is 0.471. The maximum absolute atomic E-state index is 5.66. The highest BCUT2D eigenvalue weighted by Gasteiger charge is 2.12. The van der Waals surface area contributed by atoms with Crippen molar-refractivity contribution in [3.8, 4) is 11.5 Å². The lowest BCUT2D eigenvalue weighted by Gasteiger charge is -2.19. The second-order valence-corrected chi connectivity index (χ2v) is 4.68. The van der Waals surface area contributed by atoms with Crippen molar-refractivity contribution in [2.24, 2.45) is 4.99 Å². The van der Waals surface area contributed by atoms with Crippen LogP contribution in [-0.2, 0) is 0 Å². The van der Waals surface area contributed by atoms with Crippen LogP contribution in [0.5, 0.6) is 11.5 Å². The first kappa shape index (κ1) is 21.6. The van der Waals surface area contributed by atoms with Gasteiger partial charge in [-0.05, 0) is 38.5 Å². The Labute approximate surface area is 156 Å². The SMILES string of the molecule is C=CCNC(=NC)NC(C)c1ccc(OCC)c(OCC)c1.I. The average molecular weight is 433 g/mol. The van der Waals surface area contributed by atoms with Crippen molar-refractivity contribution in [2.75, 3.05) is 26.8 Å². The molecule has 0 bridgehead atoms. The third kappa shape index (κ3) is 7.11. The summed E-state index contributed by atoms with van der Waals surface area (Å²) in [6, 6.07) is 6.08. The number of nitrogens with zero attached hydrogens (tertiary/aromatic N) is 1. The molecule has 6 heteroatoms. The van der Waals surface area contributed by atoms with Crippen LogP contribution in [0.1, 0.15) is 32.4 Å². The van der Waals surface area contributed by atoms with Gasteiger partial charge in [0.05, 0.1) is 19.3 Å². The van der Waals surface area contributed by atoms with Gasteiger partial charge in [0.2, 0.25) is 0 Å². The maximum Gasteiger partial charge on any atom is 0.191 e. The zero-order chi connectivity index (χ0) is 16.4. The largest absolute Gasteiger partial charge is 0.490 e. The summed E-state index contributed by atoms with van der Waals surface area (Å²) in [5.74, 6) is 2.28. The van der Waals surface area contributed by atoms with E-state index < -0.39 is 0 Å². The summed E-state index contributed by atoms with van der Waals surface area (Å²) in [6.45, 7) is 11.6. The van der Waals surface area contributed by atoms with Crippen molar-refractivity contribution >= 4 is 29.9 Å². The van der Waals surface area contributed by atoms with Gasteiger partial charge >= 0.3 is 0 Å². The highest BCUT2D eigenvalue weighted by molar-refractivity contribution is 14.0. The Bertz CT molecular complexity index is 507. The van der Waals surface area contributed by atoms with Crippen LogP contribution in [0.15, 0.2) is 35.8 Å². The van der Waals surface area contributed by atoms with Gasteiger partial charge in [-0.2, -0.15) is 0 Å². The number of guanidine groups is 1. The molecular weight excluding hydrogens is 405 g/mol. The highest BCUT2D eigenvalue weighted by atomic mass is 127. The molecule has 1 unspecified atom stereocenters. The number of rotatable bonds is 8. The molecule has 0 heterocycles. The zero-order valence-electron chi connectivity index (χ0n) is 14.4. The van der Waals surface area contributed by atoms with Crippen molar-refractivity contribution in [2.45, 2.75) is 26.8 Å². The summed E-state index contributed by atoms with van der Waals surface area (Å²) >= 11 is 0. The molecule has 1 atom stereocenters. The minimum absolute atomic E-state index is 0. The Kier molecular flexibility index (Phi) is 11.3.